The van der Waals surface area contributed by atoms with Gasteiger partial charge in [0.15, 0.2) is 0 Å². The molecule has 0 aromatic heterocycles. The van der Waals surface area contributed by atoms with E-state index in [1.54, 1.807) is 0 Å². The molecule has 2 rings (SSSR count). The molecule has 0 heterocycles. The van der Waals surface area contributed by atoms with Gasteiger partial charge < -0.3 is 5.73 Å². The molecule has 2 saturated carbocycles. The SMILES string of the molecule is CCN(C1CC1)C1CCC(N)C1. The summed E-state index contributed by atoms with van der Waals surface area (Å²) in [5.74, 6) is 0. The number of rotatable bonds is 3. The third-order valence-corrected chi connectivity index (χ3v) is 3.30. The van der Waals surface area contributed by atoms with Gasteiger partial charge in [-0.05, 0) is 38.6 Å². The third-order valence-electron chi connectivity index (χ3n) is 3.30. The van der Waals surface area contributed by atoms with Gasteiger partial charge in [-0.25, -0.2) is 0 Å². The summed E-state index contributed by atoms with van der Waals surface area (Å²) < 4.78 is 0. The van der Waals surface area contributed by atoms with E-state index in [1.165, 1.54) is 38.6 Å². The molecule has 2 aliphatic carbocycles. The van der Waals surface area contributed by atoms with Crippen molar-refractivity contribution in [2.24, 2.45) is 5.73 Å². The highest BCUT2D eigenvalue weighted by atomic mass is 15.2. The van der Waals surface area contributed by atoms with Gasteiger partial charge in [-0.15, -0.1) is 0 Å². The molecular formula is C10H20N2. The van der Waals surface area contributed by atoms with Crippen LogP contribution in [-0.4, -0.2) is 29.6 Å². The van der Waals surface area contributed by atoms with Crippen LogP contribution in [0.25, 0.3) is 0 Å². The van der Waals surface area contributed by atoms with Crippen molar-refractivity contribution in [2.45, 2.75) is 57.2 Å². The second-order valence-electron chi connectivity index (χ2n) is 4.29. The Kier molecular flexibility index (Phi) is 2.37. The van der Waals surface area contributed by atoms with Crippen molar-refractivity contribution < 1.29 is 0 Å². The maximum Gasteiger partial charge on any atom is 0.0113 e. The van der Waals surface area contributed by atoms with Crippen LogP contribution in [0.4, 0.5) is 0 Å². The van der Waals surface area contributed by atoms with E-state index in [2.05, 4.69) is 11.8 Å². The lowest BCUT2D eigenvalue weighted by atomic mass is 10.2. The predicted molar refractivity (Wildman–Crippen MR) is 51.0 cm³/mol. The molecule has 0 aromatic carbocycles. The van der Waals surface area contributed by atoms with E-state index in [0.717, 1.165) is 12.1 Å². The maximum absolute atomic E-state index is 5.91. The van der Waals surface area contributed by atoms with Gasteiger partial charge >= 0.3 is 0 Å². The third kappa shape index (κ3) is 1.64. The first-order valence-electron chi connectivity index (χ1n) is 5.32. The number of hydrogen-bond acceptors (Lipinski definition) is 2. The highest BCUT2D eigenvalue weighted by Gasteiger charge is 2.35. The Morgan fingerprint density at radius 1 is 1.17 bits per heavy atom. The van der Waals surface area contributed by atoms with Crippen LogP contribution in [0.3, 0.4) is 0 Å². The van der Waals surface area contributed by atoms with E-state index in [0.29, 0.717) is 6.04 Å². The Labute approximate surface area is 75.1 Å². The fourth-order valence-corrected chi connectivity index (χ4v) is 2.51. The van der Waals surface area contributed by atoms with Crippen LogP contribution in [0.5, 0.6) is 0 Å². The summed E-state index contributed by atoms with van der Waals surface area (Å²) in [6.45, 7) is 3.50. The van der Waals surface area contributed by atoms with Crippen LogP contribution in [-0.2, 0) is 0 Å². The molecule has 2 nitrogen and oxygen atoms in total. The van der Waals surface area contributed by atoms with Crippen LogP contribution in [0, 0.1) is 0 Å². The second kappa shape index (κ2) is 3.35. The zero-order valence-corrected chi connectivity index (χ0v) is 8.00. The summed E-state index contributed by atoms with van der Waals surface area (Å²) in [4.78, 5) is 2.67. The van der Waals surface area contributed by atoms with E-state index in [1.807, 2.05) is 0 Å². The first-order chi connectivity index (χ1) is 5.81. The molecule has 2 aliphatic rings. The molecule has 0 aromatic rings. The molecule has 2 atom stereocenters. The maximum atomic E-state index is 5.91. The van der Waals surface area contributed by atoms with Crippen LogP contribution >= 0.6 is 0 Å². The van der Waals surface area contributed by atoms with Crippen molar-refractivity contribution in [3.63, 3.8) is 0 Å². The molecule has 0 aliphatic heterocycles. The average molecular weight is 168 g/mol. The number of nitrogens with two attached hydrogens (primary N) is 1. The summed E-state index contributed by atoms with van der Waals surface area (Å²) in [7, 11) is 0. The molecule has 0 radical (unpaired) electrons. The summed E-state index contributed by atoms with van der Waals surface area (Å²) in [5.41, 5.74) is 5.91. The lowest BCUT2D eigenvalue weighted by Gasteiger charge is -2.27. The van der Waals surface area contributed by atoms with Crippen LogP contribution < -0.4 is 5.73 Å². The highest BCUT2D eigenvalue weighted by molar-refractivity contribution is 4.92. The number of nitrogens with zero attached hydrogens (tertiary/aromatic N) is 1. The number of hydrogen-bond donors (Lipinski definition) is 1. The minimum Gasteiger partial charge on any atom is -0.328 e. The van der Waals surface area contributed by atoms with E-state index >= 15 is 0 Å². The molecule has 2 heteroatoms. The van der Waals surface area contributed by atoms with Gasteiger partial charge in [-0.1, -0.05) is 6.92 Å². The summed E-state index contributed by atoms with van der Waals surface area (Å²) in [6, 6.07) is 2.23. The van der Waals surface area contributed by atoms with Crippen LogP contribution in [0.1, 0.15) is 39.0 Å². The van der Waals surface area contributed by atoms with Crippen molar-refractivity contribution in [3.05, 3.63) is 0 Å². The van der Waals surface area contributed by atoms with Gasteiger partial charge in [0, 0.05) is 18.1 Å². The van der Waals surface area contributed by atoms with Gasteiger partial charge in [0.1, 0.15) is 0 Å². The minimum absolute atomic E-state index is 0.489. The zero-order chi connectivity index (χ0) is 8.55. The lowest BCUT2D eigenvalue weighted by molar-refractivity contribution is 0.197. The normalized spacial score (nSPS) is 36.2. The first kappa shape index (κ1) is 8.52. The molecule has 0 bridgehead atoms. The molecule has 0 amide bonds. The summed E-state index contributed by atoms with van der Waals surface area (Å²) >= 11 is 0. The standard InChI is InChI=1S/C10H20N2/c1-2-12(9-5-6-9)10-4-3-8(11)7-10/h8-10H,2-7,11H2,1H3. The summed E-state index contributed by atoms with van der Waals surface area (Å²) in [6.07, 6.45) is 6.68. The molecule has 2 N–H and O–H groups in total. The summed E-state index contributed by atoms with van der Waals surface area (Å²) in [5, 5.41) is 0. The van der Waals surface area contributed by atoms with Crippen molar-refractivity contribution in [1.29, 1.82) is 0 Å². The quantitative estimate of drug-likeness (QED) is 0.689. The Hall–Kier alpha value is -0.0800. The molecule has 0 saturated heterocycles. The Bertz CT molecular complexity index is 154. The van der Waals surface area contributed by atoms with Crippen LogP contribution in [0.2, 0.25) is 0 Å². The molecule has 70 valence electrons. The van der Waals surface area contributed by atoms with Crippen molar-refractivity contribution in [1.82, 2.24) is 4.90 Å². The van der Waals surface area contributed by atoms with E-state index < -0.39 is 0 Å². The fourth-order valence-electron chi connectivity index (χ4n) is 2.51. The second-order valence-corrected chi connectivity index (χ2v) is 4.29. The predicted octanol–water partition coefficient (Wildman–Crippen LogP) is 1.35. The average Bonchev–Trinajstić information content (AvgIpc) is 2.78. The van der Waals surface area contributed by atoms with E-state index in [9.17, 15) is 0 Å². The van der Waals surface area contributed by atoms with Crippen molar-refractivity contribution >= 4 is 0 Å². The monoisotopic (exact) mass is 168 g/mol. The van der Waals surface area contributed by atoms with E-state index in [4.69, 9.17) is 5.73 Å². The fraction of sp³-hybridized carbons (Fsp3) is 1.00. The molecular weight excluding hydrogens is 148 g/mol. The van der Waals surface area contributed by atoms with E-state index in [-0.39, 0.29) is 0 Å². The molecule has 0 spiro atoms. The topological polar surface area (TPSA) is 29.3 Å². The minimum atomic E-state index is 0.489. The largest absolute Gasteiger partial charge is 0.328 e. The van der Waals surface area contributed by atoms with Crippen molar-refractivity contribution in [3.8, 4) is 0 Å². The van der Waals surface area contributed by atoms with Crippen LogP contribution in [0.15, 0.2) is 0 Å². The molecule has 2 fully saturated rings. The smallest absolute Gasteiger partial charge is 0.0113 e. The molecule has 2 unspecified atom stereocenters. The van der Waals surface area contributed by atoms with Crippen molar-refractivity contribution in [2.75, 3.05) is 6.54 Å². The zero-order valence-electron chi connectivity index (χ0n) is 8.00. The first-order valence-corrected chi connectivity index (χ1v) is 5.32. The van der Waals surface area contributed by atoms with Gasteiger partial charge in [0.05, 0.1) is 0 Å². The Morgan fingerprint density at radius 3 is 2.25 bits per heavy atom. The Balaban J connectivity index is 1.88. The van der Waals surface area contributed by atoms with Gasteiger partial charge in [0.25, 0.3) is 0 Å². The molecule has 12 heavy (non-hydrogen) atoms. The van der Waals surface area contributed by atoms with Gasteiger partial charge in [-0.3, -0.25) is 4.90 Å². The van der Waals surface area contributed by atoms with Gasteiger partial charge in [-0.2, -0.15) is 0 Å². The lowest BCUT2D eigenvalue weighted by Crippen LogP contribution is -2.36. The Morgan fingerprint density at radius 2 is 1.83 bits per heavy atom. The highest BCUT2D eigenvalue weighted by Crippen LogP contribution is 2.33. The van der Waals surface area contributed by atoms with Gasteiger partial charge in [0.2, 0.25) is 0 Å².